The molecule has 2 aromatic carbocycles. The molecule has 2 heterocycles. The molecule has 6 nitrogen and oxygen atoms in total. The number of ether oxygens (including phenoxy) is 1. The molecule has 1 fully saturated rings. The monoisotopic (exact) mass is 406 g/mol. The Balaban J connectivity index is 1.31. The predicted octanol–water partition coefficient (Wildman–Crippen LogP) is 3.51. The van der Waals surface area contributed by atoms with Crippen LogP contribution < -0.4 is 5.32 Å². The Labute approximate surface area is 175 Å². The molecule has 1 N–H and O–H groups in total. The van der Waals surface area contributed by atoms with E-state index >= 15 is 0 Å². The summed E-state index contributed by atoms with van der Waals surface area (Å²) in [4.78, 5) is 23.8. The summed E-state index contributed by atoms with van der Waals surface area (Å²) in [6.07, 6.45) is 4.08. The summed E-state index contributed by atoms with van der Waals surface area (Å²) >= 11 is 0. The van der Waals surface area contributed by atoms with Gasteiger partial charge in [-0.15, -0.1) is 0 Å². The van der Waals surface area contributed by atoms with Crippen molar-refractivity contribution in [2.24, 2.45) is 5.92 Å². The van der Waals surface area contributed by atoms with Crippen LogP contribution in [0, 0.1) is 5.92 Å². The number of aldehydes is 1. The maximum atomic E-state index is 12.2. The lowest BCUT2D eigenvalue weighted by molar-refractivity contribution is -0.120. The van der Waals surface area contributed by atoms with Crippen LogP contribution in [0.5, 0.6) is 0 Å². The molecular formula is C24H26N2O4. The normalized spacial score (nSPS) is 16.1. The first-order valence-electron chi connectivity index (χ1n) is 10.5. The van der Waals surface area contributed by atoms with Gasteiger partial charge < -0.3 is 14.6 Å². The lowest BCUT2D eigenvalue weighted by Crippen LogP contribution is -2.31. The van der Waals surface area contributed by atoms with Crippen molar-refractivity contribution in [3.63, 3.8) is 0 Å². The van der Waals surface area contributed by atoms with E-state index in [1.54, 1.807) is 0 Å². The maximum absolute atomic E-state index is 12.2. The quantitative estimate of drug-likeness (QED) is 0.550. The molecular weight excluding hydrogens is 380 g/mol. The van der Waals surface area contributed by atoms with Gasteiger partial charge >= 0.3 is 0 Å². The Kier molecular flexibility index (Phi) is 6.54. The van der Waals surface area contributed by atoms with Crippen molar-refractivity contribution in [3.05, 3.63) is 65.0 Å². The molecule has 1 aliphatic rings. The van der Waals surface area contributed by atoms with Crippen molar-refractivity contribution in [1.82, 2.24) is 10.5 Å². The fourth-order valence-corrected chi connectivity index (χ4v) is 3.88. The van der Waals surface area contributed by atoms with Gasteiger partial charge in [0, 0.05) is 25.5 Å². The average Bonchev–Trinajstić information content (AvgIpc) is 3.42. The van der Waals surface area contributed by atoms with Gasteiger partial charge in [0.25, 0.3) is 0 Å². The number of rotatable bonds is 9. The van der Waals surface area contributed by atoms with Gasteiger partial charge in [-0.2, -0.15) is 0 Å². The van der Waals surface area contributed by atoms with E-state index in [-0.39, 0.29) is 12.3 Å². The van der Waals surface area contributed by atoms with Crippen molar-refractivity contribution in [1.29, 1.82) is 0 Å². The molecule has 1 atom stereocenters. The van der Waals surface area contributed by atoms with E-state index in [0.717, 1.165) is 32.2 Å². The first-order chi connectivity index (χ1) is 14.7. The van der Waals surface area contributed by atoms with Crippen LogP contribution in [-0.4, -0.2) is 37.1 Å². The minimum atomic E-state index is -0.152. The Bertz CT molecular complexity index is 1020. The highest BCUT2D eigenvalue weighted by molar-refractivity contribution is 5.84. The Hall–Kier alpha value is -2.99. The molecule has 1 amide bonds. The van der Waals surface area contributed by atoms with Crippen LogP contribution >= 0.6 is 0 Å². The summed E-state index contributed by atoms with van der Waals surface area (Å²) < 4.78 is 10.7. The van der Waals surface area contributed by atoms with E-state index in [4.69, 9.17) is 9.26 Å². The summed E-state index contributed by atoms with van der Waals surface area (Å²) in [6, 6.07) is 14.7. The predicted molar refractivity (Wildman–Crippen MR) is 114 cm³/mol. The molecule has 156 valence electrons. The van der Waals surface area contributed by atoms with E-state index in [1.807, 2.05) is 12.1 Å². The Morgan fingerprint density at radius 2 is 2.03 bits per heavy atom. The fourth-order valence-electron chi connectivity index (χ4n) is 3.88. The van der Waals surface area contributed by atoms with E-state index in [2.05, 4.69) is 40.8 Å². The number of hydrogen-bond acceptors (Lipinski definition) is 5. The van der Waals surface area contributed by atoms with E-state index in [0.29, 0.717) is 42.5 Å². The molecule has 30 heavy (non-hydrogen) atoms. The van der Waals surface area contributed by atoms with Crippen molar-refractivity contribution < 1.29 is 18.8 Å². The summed E-state index contributed by atoms with van der Waals surface area (Å²) in [5, 5.41) is 9.33. The maximum Gasteiger partial charge on any atom is 0.226 e. The van der Waals surface area contributed by atoms with E-state index in [9.17, 15) is 9.59 Å². The molecule has 1 unspecified atom stereocenters. The topological polar surface area (TPSA) is 81.4 Å². The summed E-state index contributed by atoms with van der Waals surface area (Å²) in [6.45, 7) is 2.03. The second-order valence-electron chi connectivity index (χ2n) is 7.83. The standard InChI is InChI=1S/C24H26N2O4/c27-15-21-22(13-24(28)25-14-18-10-11-29-16-18)26-30-23(21)7-3-4-17-8-9-19-5-1-2-6-20(19)12-17/h1-2,5-6,8-9,12,15,18H,3-4,7,10-11,13-14,16H2,(H,25,28). The highest BCUT2D eigenvalue weighted by Gasteiger charge is 2.20. The third-order valence-corrected chi connectivity index (χ3v) is 5.62. The van der Waals surface area contributed by atoms with Crippen molar-refractivity contribution in [3.8, 4) is 0 Å². The molecule has 3 aromatic rings. The molecule has 1 saturated heterocycles. The number of amides is 1. The van der Waals surface area contributed by atoms with Gasteiger partial charge in [-0.3, -0.25) is 9.59 Å². The van der Waals surface area contributed by atoms with Crippen LogP contribution in [0.2, 0.25) is 0 Å². The van der Waals surface area contributed by atoms with Gasteiger partial charge in [-0.1, -0.05) is 47.6 Å². The molecule has 0 spiro atoms. The summed E-state index contributed by atoms with van der Waals surface area (Å²) in [5.41, 5.74) is 2.06. The molecule has 0 aliphatic carbocycles. The Morgan fingerprint density at radius 1 is 1.17 bits per heavy atom. The molecule has 0 radical (unpaired) electrons. The summed E-state index contributed by atoms with van der Waals surface area (Å²) in [7, 11) is 0. The number of aryl methyl sites for hydroxylation is 2. The number of carbonyl (C=O) groups excluding carboxylic acids is 2. The van der Waals surface area contributed by atoms with E-state index in [1.165, 1.54) is 16.3 Å². The number of fused-ring (bicyclic) bond motifs is 1. The first kappa shape index (κ1) is 20.3. The molecule has 1 aromatic heterocycles. The van der Waals surface area contributed by atoms with Crippen LogP contribution in [0.25, 0.3) is 10.8 Å². The minimum Gasteiger partial charge on any atom is -0.381 e. The minimum absolute atomic E-state index is 0.0514. The number of nitrogens with zero attached hydrogens (tertiary/aromatic N) is 1. The average molecular weight is 406 g/mol. The second kappa shape index (κ2) is 9.67. The van der Waals surface area contributed by atoms with Crippen LogP contribution in [0.15, 0.2) is 47.0 Å². The van der Waals surface area contributed by atoms with Crippen LogP contribution in [0.1, 0.15) is 40.2 Å². The first-order valence-corrected chi connectivity index (χ1v) is 10.5. The van der Waals surface area contributed by atoms with Crippen LogP contribution in [0.3, 0.4) is 0 Å². The highest BCUT2D eigenvalue weighted by Crippen LogP contribution is 2.19. The van der Waals surface area contributed by atoms with Gasteiger partial charge in [0.15, 0.2) is 6.29 Å². The number of nitrogens with one attached hydrogen (secondary N) is 1. The number of carbonyl (C=O) groups is 2. The smallest absolute Gasteiger partial charge is 0.226 e. The van der Waals surface area contributed by atoms with Gasteiger partial charge in [0.2, 0.25) is 5.91 Å². The summed E-state index contributed by atoms with van der Waals surface area (Å²) in [5.74, 6) is 0.765. The highest BCUT2D eigenvalue weighted by atomic mass is 16.5. The zero-order valence-electron chi connectivity index (χ0n) is 16.9. The molecule has 1 aliphatic heterocycles. The number of aromatic nitrogens is 1. The lowest BCUT2D eigenvalue weighted by Gasteiger charge is -2.08. The number of benzene rings is 2. The SMILES string of the molecule is O=Cc1c(CC(=O)NCC2CCOC2)noc1CCCc1ccc2ccccc2c1. The lowest BCUT2D eigenvalue weighted by atomic mass is 10.0. The van der Waals surface area contributed by atoms with Crippen molar-refractivity contribution in [2.45, 2.75) is 32.1 Å². The van der Waals surface area contributed by atoms with Gasteiger partial charge in [0.1, 0.15) is 11.5 Å². The Morgan fingerprint density at radius 3 is 2.83 bits per heavy atom. The zero-order chi connectivity index (χ0) is 20.8. The van der Waals surface area contributed by atoms with Gasteiger partial charge in [-0.25, -0.2) is 0 Å². The second-order valence-corrected chi connectivity index (χ2v) is 7.83. The van der Waals surface area contributed by atoms with Crippen molar-refractivity contribution in [2.75, 3.05) is 19.8 Å². The molecule has 4 rings (SSSR count). The van der Waals surface area contributed by atoms with Crippen LogP contribution in [0.4, 0.5) is 0 Å². The van der Waals surface area contributed by atoms with Crippen molar-refractivity contribution >= 4 is 23.0 Å². The fraction of sp³-hybridized carbons (Fsp3) is 0.375. The van der Waals surface area contributed by atoms with Gasteiger partial charge in [0.05, 0.1) is 18.6 Å². The van der Waals surface area contributed by atoms with E-state index < -0.39 is 0 Å². The third-order valence-electron chi connectivity index (χ3n) is 5.62. The van der Waals surface area contributed by atoms with Gasteiger partial charge in [-0.05, 0) is 35.6 Å². The zero-order valence-corrected chi connectivity index (χ0v) is 16.9. The number of hydrogen-bond donors (Lipinski definition) is 1. The molecule has 0 saturated carbocycles. The molecule has 6 heteroatoms. The largest absolute Gasteiger partial charge is 0.381 e. The third kappa shape index (κ3) is 4.94. The van der Waals surface area contributed by atoms with Crippen LogP contribution in [-0.2, 0) is 28.8 Å². The molecule has 0 bridgehead atoms.